The second-order valence-electron chi connectivity index (χ2n) is 3.12. The molecule has 1 fully saturated rings. The van der Waals surface area contributed by atoms with E-state index < -0.39 is 0 Å². The Labute approximate surface area is 97.2 Å². The van der Waals surface area contributed by atoms with E-state index in [1.54, 1.807) is 12.1 Å². The third kappa shape index (κ3) is 3.64. The summed E-state index contributed by atoms with van der Waals surface area (Å²) in [6.07, 6.45) is 3.49. The summed E-state index contributed by atoms with van der Waals surface area (Å²) >= 11 is 3.36. The van der Waals surface area contributed by atoms with Crippen molar-refractivity contribution in [2.45, 2.75) is 18.9 Å². The van der Waals surface area contributed by atoms with Crippen LogP contribution in [0.5, 0.6) is 5.75 Å². The number of hydrogen-bond donors (Lipinski definition) is 1. The standard InChI is InChI=1S/C10H9BrO2.CH4O/c11-9-5-7(6-12)1-4-10(9)13-8-2-3-8;1-2/h1,4-6,8H,2-3H2;2H,1H3. The van der Waals surface area contributed by atoms with Crippen molar-refractivity contribution in [3.05, 3.63) is 28.2 Å². The first-order chi connectivity index (χ1) is 7.29. The zero-order chi connectivity index (χ0) is 11.3. The second-order valence-corrected chi connectivity index (χ2v) is 3.98. The summed E-state index contributed by atoms with van der Waals surface area (Å²) in [6, 6.07) is 5.35. The van der Waals surface area contributed by atoms with E-state index in [0.29, 0.717) is 11.7 Å². The van der Waals surface area contributed by atoms with Crippen LogP contribution in [0, 0.1) is 0 Å². The van der Waals surface area contributed by atoms with E-state index in [9.17, 15) is 4.79 Å². The Hall–Kier alpha value is -0.870. The summed E-state index contributed by atoms with van der Waals surface area (Å²) in [6.45, 7) is 0. The van der Waals surface area contributed by atoms with Gasteiger partial charge in [-0.3, -0.25) is 4.79 Å². The molecule has 3 nitrogen and oxygen atoms in total. The van der Waals surface area contributed by atoms with Crippen LogP contribution in [-0.2, 0) is 0 Å². The monoisotopic (exact) mass is 272 g/mol. The first kappa shape index (κ1) is 12.2. The number of rotatable bonds is 3. The van der Waals surface area contributed by atoms with E-state index in [1.165, 1.54) is 0 Å². The average molecular weight is 273 g/mol. The molecular formula is C11H13BrO3. The first-order valence-corrected chi connectivity index (χ1v) is 5.45. The van der Waals surface area contributed by atoms with Crippen molar-refractivity contribution in [2.24, 2.45) is 0 Å². The summed E-state index contributed by atoms with van der Waals surface area (Å²) in [5, 5.41) is 7.00. The minimum absolute atomic E-state index is 0.387. The molecule has 1 aromatic carbocycles. The van der Waals surface area contributed by atoms with Gasteiger partial charge in [-0.15, -0.1) is 0 Å². The molecular weight excluding hydrogens is 260 g/mol. The minimum atomic E-state index is 0.387. The van der Waals surface area contributed by atoms with Gasteiger partial charge in [0.1, 0.15) is 12.0 Å². The molecule has 0 radical (unpaired) electrons. The van der Waals surface area contributed by atoms with Gasteiger partial charge in [-0.2, -0.15) is 0 Å². The highest BCUT2D eigenvalue weighted by molar-refractivity contribution is 9.10. The maximum atomic E-state index is 10.4. The summed E-state index contributed by atoms with van der Waals surface area (Å²) in [5.41, 5.74) is 0.662. The predicted octanol–water partition coefficient (Wildman–Crippen LogP) is 2.41. The molecule has 1 aliphatic rings. The van der Waals surface area contributed by atoms with Gasteiger partial charge < -0.3 is 9.84 Å². The Morgan fingerprint density at radius 2 is 2.13 bits per heavy atom. The van der Waals surface area contributed by atoms with Gasteiger partial charge in [0.2, 0.25) is 0 Å². The average Bonchev–Trinajstić information content (AvgIpc) is 3.08. The fourth-order valence-electron chi connectivity index (χ4n) is 1.05. The third-order valence-electron chi connectivity index (χ3n) is 1.91. The molecule has 1 aliphatic carbocycles. The lowest BCUT2D eigenvalue weighted by Crippen LogP contribution is -1.96. The molecule has 82 valence electrons. The molecule has 4 heteroatoms. The van der Waals surface area contributed by atoms with Crippen LogP contribution < -0.4 is 4.74 Å². The van der Waals surface area contributed by atoms with Crippen molar-refractivity contribution in [3.63, 3.8) is 0 Å². The molecule has 0 spiro atoms. The lowest BCUT2D eigenvalue weighted by atomic mass is 10.2. The van der Waals surface area contributed by atoms with Crippen molar-refractivity contribution in [1.29, 1.82) is 0 Å². The van der Waals surface area contributed by atoms with Crippen LogP contribution in [0.3, 0.4) is 0 Å². The van der Waals surface area contributed by atoms with Gasteiger partial charge in [0, 0.05) is 12.7 Å². The highest BCUT2D eigenvalue weighted by Crippen LogP contribution is 2.32. The summed E-state index contributed by atoms with van der Waals surface area (Å²) < 4.78 is 6.44. The number of aliphatic hydroxyl groups excluding tert-OH is 1. The van der Waals surface area contributed by atoms with Crippen LogP contribution in [0.2, 0.25) is 0 Å². The number of carbonyl (C=O) groups is 1. The maximum Gasteiger partial charge on any atom is 0.150 e. The number of benzene rings is 1. The van der Waals surface area contributed by atoms with Gasteiger partial charge in [0.25, 0.3) is 0 Å². The van der Waals surface area contributed by atoms with Crippen molar-refractivity contribution in [1.82, 2.24) is 0 Å². The summed E-state index contributed by atoms with van der Waals surface area (Å²) in [7, 11) is 1.00. The van der Waals surface area contributed by atoms with Gasteiger partial charge in [-0.25, -0.2) is 0 Å². The van der Waals surface area contributed by atoms with Crippen molar-refractivity contribution < 1.29 is 14.6 Å². The Morgan fingerprint density at radius 3 is 2.60 bits per heavy atom. The van der Waals surface area contributed by atoms with Crippen molar-refractivity contribution in [2.75, 3.05) is 7.11 Å². The van der Waals surface area contributed by atoms with Crippen LogP contribution in [0.25, 0.3) is 0 Å². The maximum absolute atomic E-state index is 10.4. The molecule has 0 bridgehead atoms. The van der Waals surface area contributed by atoms with E-state index in [2.05, 4.69) is 15.9 Å². The molecule has 0 unspecified atom stereocenters. The number of ether oxygens (including phenoxy) is 1. The summed E-state index contributed by atoms with van der Waals surface area (Å²) in [4.78, 5) is 10.4. The van der Waals surface area contributed by atoms with E-state index in [1.807, 2.05) is 6.07 Å². The van der Waals surface area contributed by atoms with Gasteiger partial charge in [-0.1, -0.05) is 0 Å². The van der Waals surface area contributed by atoms with Crippen LogP contribution in [0.4, 0.5) is 0 Å². The largest absolute Gasteiger partial charge is 0.489 e. The lowest BCUT2D eigenvalue weighted by Gasteiger charge is -2.06. The highest BCUT2D eigenvalue weighted by Gasteiger charge is 2.24. The Morgan fingerprint density at radius 1 is 1.47 bits per heavy atom. The third-order valence-corrected chi connectivity index (χ3v) is 2.53. The zero-order valence-corrected chi connectivity index (χ0v) is 10.0. The van der Waals surface area contributed by atoms with Crippen LogP contribution in [0.15, 0.2) is 22.7 Å². The fourth-order valence-corrected chi connectivity index (χ4v) is 1.54. The molecule has 0 aliphatic heterocycles. The molecule has 0 aromatic heterocycles. The van der Waals surface area contributed by atoms with Crippen LogP contribution in [0.1, 0.15) is 23.2 Å². The van der Waals surface area contributed by atoms with Crippen molar-refractivity contribution >= 4 is 22.2 Å². The Bertz CT molecular complexity index is 335. The Balaban J connectivity index is 0.000000531. The van der Waals surface area contributed by atoms with Crippen LogP contribution in [-0.4, -0.2) is 24.6 Å². The molecule has 1 saturated carbocycles. The number of hydrogen-bond acceptors (Lipinski definition) is 3. The number of aliphatic hydroxyl groups is 1. The zero-order valence-electron chi connectivity index (χ0n) is 8.44. The van der Waals surface area contributed by atoms with Crippen molar-refractivity contribution in [3.8, 4) is 5.75 Å². The number of aldehydes is 1. The lowest BCUT2D eigenvalue weighted by molar-refractivity contribution is 0.112. The molecule has 0 amide bonds. The molecule has 1 N–H and O–H groups in total. The number of carbonyl (C=O) groups excluding carboxylic acids is 1. The SMILES string of the molecule is CO.O=Cc1ccc(OC2CC2)c(Br)c1. The van der Waals surface area contributed by atoms with E-state index in [-0.39, 0.29) is 0 Å². The minimum Gasteiger partial charge on any atom is -0.489 e. The molecule has 0 saturated heterocycles. The van der Waals surface area contributed by atoms with Gasteiger partial charge in [0.15, 0.2) is 0 Å². The van der Waals surface area contributed by atoms with Gasteiger partial charge in [0.05, 0.1) is 10.6 Å². The second kappa shape index (κ2) is 5.88. The first-order valence-electron chi connectivity index (χ1n) is 4.65. The van der Waals surface area contributed by atoms with Gasteiger partial charge in [-0.05, 0) is 47.0 Å². The molecule has 0 heterocycles. The summed E-state index contributed by atoms with van der Waals surface area (Å²) in [5.74, 6) is 0.827. The van der Waals surface area contributed by atoms with E-state index in [4.69, 9.17) is 9.84 Å². The molecule has 15 heavy (non-hydrogen) atoms. The van der Waals surface area contributed by atoms with Gasteiger partial charge >= 0.3 is 0 Å². The predicted molar refractivity (Wildman–Crippen MR) is 61.3 cm³/mol. The Kier molecular flexibility index (Phi) is 4.78. The quantitative estimate of drug-likeness (QED) is 0.860. The molecule has 2 rings (SSSR count). The highest BCUT2D eigenvalue weighted by atomic mass is 79.9. The normalized spacial score (nSPS) is 13.8. The smallest absolute Gasteiger partial charge is 0.150 e. The topological polar surface area (TPSA) is 46.5 Å². The molecule has 1 aromatic rings. The van der Waals surface area contributed by atoms with E-state index in [0.717, 1.165) is 36.5 Å². The number of halogens is 1. The van der Waals surface area contributed by atoms with Crippen LogP contribution >= 0.6 is 15.9 Å². The fraction of sp³-hybridized carbons (Fsp3) is 0.364. The van der Waals surface area contributed by atoms with E-state index >= 15 is 0 Å². The molecule has 0 atom stereocenters.